The summed E-state index contributed by atoms with van der Waals surface area (Å²) in [6.07, 6.45) is 0.960. The van der Waals surface area contributed by atoms with Gasteiger partial charge in [0.05, 0.1) is 7.05 Å². The maximum Gasteiger partial charge on any atom is 0.270 e. The summed E-state index contributed by atoms with van der Waals surface area (Å²) in [5.74, 6) is -2.12. The Labute approximate surface area is 168 Å². The summed E-state index contributed by atoms with van der Waals surface area (Å²) in [5.41, 5.74) is 3.08. The predicted molar refractivity (Wildman–Crippen MR) is 107 cm³/mol. The van der Waals surface area contributed by atoms with E-state index < -0.39 is 5.92 Å². The van der Waals surface area contributed by atoms with Crippen molar-refractivity contribution in [1.82, 2.24) is 20.2 Å². The van der Waals surface area contributed by atoms with Crippen LogP contribution < -0.4 is 0 Å². The van der Waals surface area contributed by atoms with Gasteiger partial charge in [0, 0.05) is 30.0 Å². The zero-order chi connectivity index (χ0) is 21.2. The van der Waals surface area contributed by atoms with Gasteiger partial charge in [-0.1, -0.05) is 50.2 Å². The van der Waals surface area contributed by atoms with E-state index in [0.717, 1.165) is 23.6 Å². The van der Waals surface area contributed by atoms with Crippen LogP contribution in [0.2, 0.25) is 0 Å². The first-order valence-electron chi connectivity index (χ1n) is 9.51. The van der Waals surface area contributed by atoms with Crippen molar-refractivity contribution in [2.75, 3.05) is 0 Å². The maximum absolute atomic E-state index is 13.5. The van der Waals surface area contributed by atoms with E-state index in [1.165, 1.54) is 16.9 Å². The minimum absolute atomic E-state index is 0.0216. The highest BCUT2D eigenvalue weighted by atomic mass is 19.3. The van der Waals surface area contributed by atoms with Gasteiger partial charge in [-0.3, -0.25) is 4.79 Å². The fourth-order valence-corrected chi connectivity index (χ4v) is 3.13. The lowest BCUT2D eigenvalue weighted by molar-refractivity contribution is 0.0174. The highest BCUT2D eigenvalue weighted by Gasteiger charge is 2.23. The van der Waals surface area contributed by atoms with Crippen LogP contribution in [0.1, 0.15) is 54.2 Å². The van der Waals surface area contributed by atoms with Crippen molar-refractivity contribution in [3.63, 3.8) is 0 Å². The molecule has 1 aromatic heterocycles. The van der Waals surface area contributed by atoms with Crippen LogP contribution in [0.4, 0.5) is 8.78 Å². The van der Waals surface area contributed by atoms with E-state index in [1.807, 2.05) is 19.9 Å². The van der Waals surface area contributed by atoms with Crippen molar-refractivity contribution in [3.8, 4) is 11.4 Å². The average molecular weight is 398 g/mol. The number of hydrogen-bond acceptors (Lipinski definition) is 4. The molecule has 3 aromatic rings. The molecule has 0 unspecified atom stereocenters. The number of alkyl halides is 2. The number of nitrogens with zero attached hydrogens (tertiary/aromatic N) is 4. The lowest BCUT2D eigenvalue weighted by atomic mass is 9.93. The molecule has 0 saturated carbocycles. The van der Waals surface area contributed by atoms with E-state index in [-0.39, 0.29) is 17.3 Å². The highest BCUT2D eigenvalue weighted by Crippen LogP contribution is 2.29. The molecule has 29 heavy (non-hydrogen) atoms. The lowest BCUT2D eigenvalue weighted by Crippen LogP contribution is -2.07. The summed E-state index contributed by atoms with van der Waals surface area (Å²) in [4.78, 5) is 13.9. The van der Waals surface area contributed by atoms with Crippen molar-refractivity contribution >= 4 is 5.78 Å². The van der Waals surface area contributed by atoms with E-state index in [9.17, 15) is 13.6 Å². The summed E-state index contributed by atoms with van der Waals surface area (Å²) in [7, 11) is 1.67. The molecule has 0 atom stereocenters. The van der Waals surface area contributed by atoms with Crippen molar-refractivity contribution in [1.29, 1.82) is 0 Å². The molecule has 0 amide bonds. The van der Waals surface area contributed by atoms with Crippen molar-refractivity contribution in [2.45, 2.75) is 39.5 Å². The predicted octanol–water partition coefficient (Wildman–Crippen LogP) is 4.81. The van der Waals surface area contributed by atoms with Gasteiger partial charge in [0.1, 0.15) is 0 Å². The second kappa shape index (κ2) is 8.19. The minimum Gasteiger partial charge on any atom is -0.294 e. The molecule has 1 heterocycles. The largest absolute Gasteiger partial charge is 0.294 e. The van der Waals surface area contributed by atoms with Crippen LogP contribution in [-0.2, 0) is 19.4 Å². The average Bonchev–Trinajstić information content (AvgIpc) is 3.07. The first kappa shape index (κ1) is 20.8. The molecular weight excluding hydrogens is 374 g/mol. The molecule has 152 valence electrons. The van der Waals surface area contributed by atoms with Crippen LogP contribution >= 0.6 is 0 Å². The number of hydrogen-bond donors (Lipinski definition) is 0. The number of benzene rings is 2. The Hall–Kier alpha value is -2.96. The number of aromatic nitrogens is 4. The maximum atomic E-state index is 13.5. The Morgan fingerprint density at radius 3 is 2.38 bits per heavy atom. The van der Waals surface area contributed by atoms with Gasteiger partial charge in [0.2, 0.25) is 5.82 Å². The van der Waals surface area contributed by atoms with Crippen molar-refractivity contribution in [3.05, 3.63) is 64.7 Å². The minimum atomic E-state index is -2.87. The number of ketones is 1. The van der Waals surface area contributed by atoms with Crippen molar-refractivity contribution < 1.29 is 13.6 Å². The zero-order valence-electron chi connectivity index (χ0n) is 17.0. The summed E-state index contributed by atoms with van der Waals surface area (Å²) < 4.78 is 26.9. The molecule has 0 aliphatic carbocycles. The Kier molecular flexibility index (Phi) is 5.86. The number of tetrazole rings is 1. The molecule has 2 aromatic carbocycles. The van der Waals surface area contributed by atoms with Gasteiger partial charge < -0.3 is 0 Å². The number of carbonyl (C=O) groups excluding carboxylic acids is 1. The monoisotopic (exact) mass is 398 g/mol. The summed E-state index contributed by atoms with van der Waals surface area (Å²) in [5, 5.41) is 12.3. The number of Topliss-reactive ketones (excluding diaryl/α,β-unsaturated/α-hetero) is 1. The van der Waals surface area contributed by atoms with E-state index in [1.54, 1.807) is 31.3 Å². The third-order valence-corrected chi connectivity index (χ3v) is 4.63. The van der Waals surface area contributed by atoms with Gasteiger partial charge in [0.15, 0.2) is 5.78 Å². The smallest absolute Gasteiger partial charge is 0.270 e. The molecule has 0 bridgehead atoms. The summed E-state index contributed by atoms with van der Waals surface area (Å²) >= 11 is 0. The molecular formula is C22H24F2N4O. The fraction of sp³-hybridized carbons (Fsp3) is 0.364. The van der Waals surface area contributed by atoms with Gasteiger partial charge in [0.25, 0.3) is 5.92 Å². The van der Waals surface area contributed by atoms with Gasteiger partial charge >= 0.3 is 0 Å². The summed E-state index contributed by atoms with van der Waals surface area (Å²) in [6, 6.07) is 11.7. The highest BCUT2D eigenvalue weighted by molar-refractivity contribution is 5.97. The number of halogens is 2. The molecule has 0 aliphatic heterocycles. The molecule has 0 radical (unpaired) electrons. The van der Waals surface area contributed by atoms with Crippen LogP contribution in [0.5, 0.6) is 0 Å². The SMILES string of the molecule is CC(C)CC(=O)c1ccc(Cc2ccc(C(C)(F)F)cc2)c(-c2nnn(C)n2)c1. The first-order chi connectivity index (χ1) is 13.6. The van der Waals surface area contributed by atoms with E-state index in [4.69, 9.17) is 0 Å². The van der Waals surface area contributed by atoms with Crippen LogP contribution in [-0.4, -0.2) is 26.0 Å². The van der Waals surface area contributed by atoms with Gasteiger partial charge in [-0.25, -0.2) is 8.78 Å². The second-order valence-electron chi connectivity index (χ2n) is 7.76. The van der Waals surface area contributed by atoms with Crippen LogP contribution in [0.3, 0.4) is 0 Å². The lowest BCUT2D eigenvalue weighted by Gasteiger charge is -2.13. The van der Waals surface area contributed by atoms with Crippen molar-refractivity contribution in [2.24, 2.45) is 13.0 Å². The summed E-state index contributed by atoms with van der Waals surface area (Å²) in [6.45, 7) is 4.88. The van der Waals surface area contributed by atoms with E-state index in [2.05, 4.69) is 15.4 Å². The third-order valence-electron chi connectivity index (χ3n) is 4.63. The normalized spacial score (nSPS) is 11.8. The molecule has 5 nitrogen and oxygen atoms in total. The Morgan fingerprint density at radius 1 is 1.14 bits per heavy atom. The van der Waals surface area contributed by atoms with Gasteiger partial charge in [-0.2, -0.15) is 4.80 Å². The number of rotatable bonds is 7. The zero-order valence-corrected chi connectivity index (χ0v) is 17.0. The third kappa shape index (κ3) is 5.10. The number of carbonyl (C=O) groups is 1. The van der Waals surface area contributed by atoms with E-state index >= 15 is 0 Å². The van der Waals surface area contributed by atoms with Crippen LogP contribution in [0.25, 0.3) is 11.4 Å². The molecule has 0 fully saturated rings. The van der Waals surface area contributed by atoms with Crippen LogP contribution in [0.15, 0.2) is 42.5 Å². The Bertz CT molecular complexity index is 1000. The molecule has 0 aliphatic rings. The van der Waals surface area contributed by atoms with Gasteiger partial charge in [-0.15, -0.1) is 10.2 Å². The Morgan fingerprint density at radius 2 is 1.83 bits per heavy atom. The van der Waals surface area contributed by atoms with Gasteiger partial charge in [-0.05, 0) is 34.7 Å². The second-order valence-corrected chi connectivity index (χ2v) is 7.76. The first-order valence-corrected chi connectivity index (χ1v) is 9.51. The number of aryl methyl sites for hydroxylation is 1. The standard InChI is InChI=1S/C22H24F2N4O/c1-14(2)11-20(29)17-8-7-16(19(13-17)21-25-27-28(4)26-21)12-15-5-9-18(10-6-15)22(3,23)24/h5-10,13-14H,11-12H2,1-4H3. The topological polar surface area (TPSA) is 60.7 Å². The van der Waals surface area contributed by atoms with E-state index in [0.29, 0.717) is 24.2 Å². The fourth-order valence-electron chi connectivity index (χ4n) is 3.13. The molecule has 0 N–H and O–H groups in total. The van der Waals surface area contributed by atoms with Crippen LogP contribution in [0, 0.1) is 5.92 Å². The molecule has 0 spiro atoms. The molecule has 7 heteroatoms. The molecule has 0 saturated heterocycles. The Balaban J connectivity index is 1.96. The molecule has 3 rings (SSSR count). The quantitative estimate of drug-likeness (QED) is 0.536.